The lowest BCUT2D eigenvalue weighted by atomic mass is 9.82. The lowest BCUT2D eigenvalue weighted by molar-refractivity contribution is 0.620. The average Bonchev–Trinajstić information content (AvgIpc) is 3.95. The second-order valence-corrected chi connectivity index (χ2v) is 16.3. The summed E-state index contributed by atoms with van der Waals surface area (Å²) in [4.78, 5) is 7.23. The van der Waals surface area contributed by atoms with Gasteiger partial charge in [0.2, 0.25) is 5.89 Å². The summed E-state index contributed by atoms with van der Waals surface area (Å²) >= 11 is 0. The summed E-state index contributed by atoms with van der Waals surface area (Å²) in [6, 6.07) is 69.4. The van der Waals surface area contributed by atoms with Gasteiger partial charge in [0.25, 0.3) is 0 Å². The quantitative estimate of drug-likeness (QED) is 0.169. The third kappa shape index (κ3) is 5.34. The summed E-state index contributed by atoms with van der Waals surface area (Å²) < 4.78 is 12.7. The third-order valence-electron chi connectivity index (χ3n) is 12.5. The first-order valence-electron chi connectivity index (χ1n) is 20.5. The van der Waals surface area contributed by atoms with E-state index in [1.54, 1.807) is 0 Å². The molecule has 0 aliphatic heterocycles. The van der Waals surface area contributed by atoms with Gasteiger partial charge in [0, 0.05) is 44.6 Å². The Kier molecular flexibility index (Phi) is 7.54. The molecule has 0 fully saturated rings. The van der Waals surface area contributed by atoms with E-state index in [1.165, 1.54) is 44.2 Å². The lowest BCUT2D eigenvalue weighted by Crippen LogP contribution is -2.16. The van der Waals surface area contributed by atoms with Crippen LogP contribution in [0.5, 0.6) is 0 Å². The van der Waals surface area contributed by atoms with E-state index in [2.05, 4.69) is 176 Å². The van der Waals surface area contributed by atoms with Crippen molar-refractivity contribution in [2.45, 2.75) is 19.3 Å². The normalized spacial score (nSPS) is 13.0. The zero-order valence-corrected chi connectivity index (χ0v) is 33.2. The molecule has 0 N–H and O–H groups in total. The summed E-state index contributed by atoms with van der Waals surface area (Å²) in [6.45, 7) is 4.69. The number of hydrogen-bond donors (Lipinski definition) is 0. The minimum absolute atomic E-state index is 0.129. The fraction of sp³-hybridized carbons (Fsp3) is 0.0536. The van der Waals surface area contributed by atoms with Crippen LogP contribution in [0.2, 0.25) is 0 Å². The van der Waals surface area contributed by atoms with Crippen LogP contribution < -0.4 is 4.90 Å². The molecule has 0 radical (unpaired) electrons. The Bertz CT molecular complexity index is 3460. The van der Waals surface area contributed by atoms with Gasteiger partial charge in [-0.1, -0.05) is 141 Å². The average molecular weight is 771 g/mol. The molecule has 60 heavy (non-hydrogen) atoms. The highest BCUT2D eigenvalue weighted by molar-refractivity contribution is 6.10. The van der Waals surface area contributed by atoms with E-state index in [9.17, 15) is 0 Å². The van der Waals surface area contributed by atoms with Crippen molar-refractivity contribution in [2.24, 2.45) is 0 Å². The van der Waals surface area contributed by atoms with Gasteiger partial charge in [0.15, 0.2) is 5.58 Å². The number of aromatic nitrogens is 1. The number of hydrogen-bond acceptors (Lipinski definition) is 4. The number of benzene rings is 9. The molecule has 0 atom stereocenters. The molecule has 1 aliphatic rings. The standard InChI is InChI=1S/C56H38N2O2/c1-56(2)46-19-10-8-18-44(46)54-47(56)20-12-22-50(54)58(49-21-11-9-17-42(49)40-24-23-35-13-6-7-16-38(35)31-40)41-28-25-36(26-29-41)39-27-30-43-45-33-53-48(34-52(45)59-51(43)32-39)57-55(60-53)37-14-4-3-5-15-37/h3-34H,1-2H3. The summed E-state index contributed by atoms with van der Waals surface area (Å²) in [5.74, 6) is 0.606. The highest BCUT2D eigenvalue weighted by Gasteiger charge is 2.38. The van der Waals surface area contributed by atoms with Gasteiger partial charge in [0.1, 0.15) is 16.7 Å². The molecule has 0 saturated carbocycles. The van der Waals surface area contributed by atoms with Crippen LogP contribution in [-0.4, -0.2) is 4.98 Å². The second kappa shape index (κ2) is 13.2. The summed E-state index contributed by atoms with van der Waals surface area (Å²) in [5, 5.41) is 4.51. The molecule has 0 bridgehead atoms. The smallest absolute Gasteiger partial charge is 0.227 e. The van der Waals surface area contributed by atoms with Gasteiger partial charge in [-0.3, -0.25) is 0 Å². The van der Waals surface area contributed by atoms with Crippen molar-refractivity contribution in [3.63, 3.8) is 0 Å². The Morgan fingerprint density at radius 2 is 1.12 bits per heavy atom. The molecule has 4 nitrogen and oxygen atoms in total. The summed E-state index contributed by atoms with van der Waals surface area (Å²) in [5.41, 5.74) is 17.1. The number of oxazole rings is 1. The molecule has 0 spiro atoms. The van der Waals surface area contributed by atoms with Crippen LogP contribution in [0, 0.1) is 0 Å². The summed E-state index contributed by atoms with van der Waals surface area (Å²) in [7, 11) is 0. The zero-order chi connectivity index (χ0) is 40.0. The van der Waals surface area contributed by atoms with Crippen LogP contribution in [0.1, 0.15) is 25.0 Å². The number of nitrogens with zero attached hydrogens (tertiary/aromatic N) is 2. The Morgan fingerprint density at radius 3 is 1.98 bits per heavy atom. The zero-order valence-electron chi connectivity index (χ0n) is 33.2. The van der Waals surface area contributed by atoms with Crippen LogP contribution in [0.15, 0.2) is 203 Å². The predicted molar refractivity (Wildman–Crippen MR) is 247 cm³/mol. The van der Waals surface area contributed by atoms with Crippen molar-refractivity contribution in [2.75, 3.05) is 4.90 Å². The Labute approximate surface area is 347 Å². The molecule has 11 aromatic rings. The van der Waals surface area contributed by atoms with Crippen molar-refractivity contribution in [1.82, 2.24) is 4.98 Å². The van der Waals surface area contributed by atoms with Gasteiger partial charge in [-0.2, -0.15) is 0 Å². The first-order valence-corrected chi connectivity index (χ1v) is 20.5. The minimum atomic E-state index is -0.129. The van der Waals surface area contributed by atoms with E-state index in [4.69, 9.17) is 13.8 Å². The molecule has 284 valence electrons. The molecule has 0 unspecified atom stereocenters. The Hall–Kier alpha value is -7.69. The first-order chi connectivity index (χ1) is 29.5. The van der Waals surface area contributed by atoms with E-state index in [-0.39, 0.29) is 5.41 Å². The largest absolute Gasteiger partial charge is 0.456 e. The maximum atomic E-state index is 6.50. The van der Waals surface area contributed by atoms with E-state index in [1.807, 2.05) is 36.4 Å². The maximum absolute atomic E-state index is 6.50. The predicted octanol–water partition coefficient (Wildman–Crippen LogP) is 15.7. The number of rotatable bonds is 6. The van der Waals surface area contributed by atoms with Crippen LogP contribution in [0.4, 0.5) is 17.1 Å². The van der Waals surface area contributed by atoms with Gasteiger partial charge in [-0.25, -0.2) is 4.98 Å². The van der Waals surface area contributed by atoms with Crippen molar-refractivity contribution >= 4 is 60.9 Å². The Balaban J connectivity index is 0.977. The van der Waals surface area contributed by atoms with Crippen molar-refractivity contribution < 1.29 is 8.83 Å². The van der Waals surface area contributed by atoms with Crippen molar-refractivity contribution in [3.05, 3.63) is 205 Å². The van der Waals surface area contributed by atoms with E-state index < -0.39 is 0 Å². The molecule has 1 aliphatic carbocycles. The Morgan fingerprint density at radius 1 is 0.433 bits per heavy atom. The lowest BCUT2D eigenvalue weighted by Gasteiger charge is -2.30. The highest BCUT2D eigenvalue weighted by Crippen LogP contribution is 2.55. The van der Waals surface area contributed by atoms with Gasteiger partial charge >= 0.3 is 0 Å². The molecular formula is C56H38N2O2. The van der Waals surface area contributed by atoms with Crippen LogP contribution in [0.25, 0.3) is 88.6 Å². The van der Waals surface area contributed by atoms with Gasteiger partial charge < -0.3 is 13.7 Å². The van der Waals surface area contributed by atoms with Crippen LogP contribution in [0.3, 0.4) is 0 Å². The number of fused-ring (bicyclic) bond motifs is 8. The molecule has 2 aromatic heterocycles. The number of furan rings is 1. The third-order valence-corrected chi connectivity index (χ3v) is 12.5. The van der Waals surface area contributed by atoms with Crippen molar-refractivity contribution in [1.29, 1.82) is 0 Å². The van der Waals surface area contributed by atoms with Crippen LogP contribution >= 0.6 is 0 Å². The minimum Gasteiger partial charge on any atom is -0.456 e. The van der Waals surface area contributed by atoms with E-state index in [0.717, 1.165) is 66.8 Å². The number of para-hydroxylation sites is 1. The highest BCUT2D eigenvalue weighted by atomic mass is 16.4. The van der Waals surface area contributed by atoms with E-state index in [0.29, 0.717) is 5.89 Å². The van der Waals surface area contributed by atoms with Crippen molar-refractivity contribution in [3.8, 4) is 44.8 Å². The van der Waals surface area contributed by atoms with Gasteiger partial charge in [0.05, 0.1) is 11.4 Å². The SMILES string of the molecule is CC1(C)c2ccccc2-c2c(N(c3ccc(-c4ccc5c(c4)oc4cc6nc(-c7ccccc7)oc6cc45)cc3)c3ccccc3-c3ccc4ccccc4c3)cccc21. The molecule has 12 rings (SSSR count). The molecule has 2 heterocycles. The fourth-order valence-corrected chi connectivity index (χ4v) is 9.48. The fourth-order valence-electron chi connectivity index (χ4n) is 9.48. The first kappa shape index (κ1) is 34.4. The topological polar surface area (TPSA) is 42.4 Å². The van der Waals surface area contributed by atoms with E-state index >= 15 is 0 Å². The second-order valence-electron chi connectivity index (χ2n) is 16.3. The molecular weight excluding hydrogens is 733 g/mol. The van der Waals surface area contributed by atoms with Gasteiger partial charge in [-0.05, 0) is 105 Å². The molecule has 0 saturated heterocycles. The monoisotopic (exact) mass is 770 g/mol. The molecule has 0 amide bonds. The number of anilines is 3. The van der Waals surface area contributed by atoms with Crippen LogP contribution in [-0.2, 0) is 5.41 Å². The molecule has 4 heteroatoms. The van der Waals surface area contributed by atoms with Gasteiger partial charge in [-0.15, -0.1) is 0 Å². The maximum Gasteiger partial charge on any atom is 0.227 e. The summed E-state index contributed by atoms with van der Waals surface area (Å²) in [6.07, 6.45) is 0. The molecule has 9 aromatic carbocycles.